The molecule has 0 amide bonds. The third kappa shape index (κ3) is 1.25. The highest BCUT2D eigenvalue weighted by Gasteiger charge is 2.70. The Morgan fingerprint density at radius 2 is 2.00 bits per heavy atom. The minimum Gasteiger partial charge on any atom is -0.458 e. The average molecular weight is 270 g/mol. The molecule has 4 heteroatoms. The Morgan fingerprint density at radius 1 is 1.30 bits per heavy atom. The Hall–Kier alpha value is -2.17. The van der Waals surface area contributed by atoms with Gasteiger partial charge in [-0.05, 0) is 6.92 Å². The van der Waals surface area contributed by atoms with Gasteiger partial charge >= 0.3 is 0 Å². The van der Waals surface area contributed by atoms with Gasteiger partial charge in [-0.3, -0.25) is 4.79 Å². The molecule has 4 nitrogen and oxygen atoms in total. The molecule has 0 saturated carbocycles. The zero-order chi connectivity index (χ0) is 14.5. The van der Waals surface area contributed by atoms with Crippen molar-refractivity contribution in [2.75, 3.05) is 0 Å². The van der Waals surface area contributed by atoms with E-state index < -0.39 is 17.2 Å². The number of hydrogen-bond donors (Lipinski definition) is 2. The Morgan fingerprint density at radius 3 is 2.70 bits per heavy atom. The first-order valence-corrected chi connectivity index (χ1v) is 6.25. The fourth-order valence-corrected chi connectivity index (χ4v) is 2.89. The van der Waals surface area contributed by atoms with Crippen LogP contribution in [0.4, 0.5) is 0 Å². The van der Waals surface area contributed by atoms with E-state index in [-0.39, 0.29) is 16.7 Å². The first-order valence-electron chi connectivity index (χ1n) is 6.25. The highest BCUT2D eigenvalue weighted by atomic mass is 16.7. The molecule has 2 aliphatic rings. The van der Waals surface area contributed by atoms with Crippen LogP contribution in [-0.2, 0) is 10.5 Å². The quantitative estimate of drug-likeness (QED) is 0.804. The monoisotopic (exact) mass is 270 g/mol. The van der Waals surface area contributed by atoms with Crippen LogP contribution in [0.2, 0.25) is 0 Å². The van der Waals surface area contributed by atoms with E-state index in [1.807, 2.05) is 0 Å². The van der Waals surface area contributed by atoms with Crippen molar-refractivity contribution in [2.24, 2.45) is 0 Å². The molecule has 1 aliphatic carbocycles. The Labute approximate surface area is 116 Å². The molecule has 0 spiro atoms. The molecule has 0 saturated heterocycles. The third-order valence-corrected chi connectivity index (χ3v) is 3.82. The average Bonchev–Trinajstić information content (AvgIpc) is 2.73. The van der Waals surface area contributed by atoms with E-state index in [9.17, 15) is 15.0 Å². The predicted octanol–water partition coefficient (Wildman–Crippen LogP) is 1.81. The Balaban J connectivity index is 2.25. The summed E-state index contributed by atoms with van der Waals surface area (Å²) in [6, 6.07) is 6.52. The van der Waals surface area contributed by atoms with Crippen LogP contribution in [-0.4, -0.2) is 21.6 Å². The fourth-order valence-electron chi connectivity index (χ4n) is 2.89. The van der Waals surface area contributed by atoms with Crippen LogP contribution in [0, 0.1) is 0 Å². The van der Waals surface area contributed by atoms with E-state index >= 15 is 0 Å². The number of fused-ring (bicyclic) bond motifs is 3. The molecular formula is C16H14O4. The van der Waals surface area contributed by atoms with Crippen LogP contribution in [0.1, 0.15) is 22.8 Å². The smallest absolute Gasteiger partial charge is 0.276 e. The van der Waals surface area contributed by atoms with E-state index in [2.05, 4.69) is 6.58 Å². The van der Waals surface area contributed by atoms with Crippen molar-refractivity contribution in [3.05, 3.63) is 71.5 Å². The summed E-state index contributed by atoms with van der Waals surface area (Å²) >= 11 is 0. The highest BCUT2D eigenvalue weighted by molar-refractivity contribution is 6.11. The normalized spacial score (nSPS) is 31.4. The molecule has 0 fully saturated rings. The number of benzene rings is 1. The molecule has 1 heterocycles. The lowest BCUT2D eigenvalue weighted by Crippen LogP contribution is -2.50. The minimum absolute atomic E-state index is 0.251. The fraction of sp³-hybridized carbons (Fsp3) is 0.188. The molecule has 102 valence electrons. The molecule has 20 heavy (non-hydrogen) atoms. The van der Waals surface area contributed by atoms with Gasteiger partial charge in [-0.25, -0.2) is 0 Å². The lowest BCUT2D eigenvalue weighted by atomic mass is 9.86. The van der Waals surface area contributed by atoms with Gasteiger partial charge in [0.05, 0.1) is 0 Å². The molecule has 0 radical (unpaired) electrons. The number of rotatable bonds is 2. The largest absolute Gasteiger partial charge is 0.458 e. The summed E-state index contributed by atoms with van der Waals surface area (Å²) in [5.74, 6) is -2.31. The van der Waals surface area contributed by atoms with Gasteiger partial charge in [0.1, 0.15) is 5.76 Å². The molecule has 2 unspecified atom stereocenters. The summed E-state index contributed by atoms with van der Waals surface area (Å²) in [4.78, 5) is 12.5. The first kappa shape index (κ1) is 12.8. The van der Waals surface area contributed by atoms with Crippen molar-refractivity contribution in [3.63, 3.8) is 0 Å². The van der Waals surface area contributed by atoms with Gasteiger partial charge < -0.3 is 14.9 Å². The number of Topliss-reactive ketones (excluding diaryl/α,β-unsaturated/α-hetero) is 1. The second-order valence-corrected chi connectivity index (χ2v) is 4.90. The van der Waals surface area contributed by atoms with Gasteiger partial charge in [0.15, 0.2) is 0 Å². The first-order chi connectivity index (χ1) is 9.46. The lowest BCUT2D eigenvalue weighted by Gasteiger charge is -2.30. The van der Waals surface area contributed by atoms with Gasteiger partial charge in [-0.2, -0.15) is 0 Å². The second kappa shape index (κ2) is 3.91. The SMILES string of the molecule is C=C/C=C\C1=C(C)OC2(O)c3ccccc3C(=O)C12O. The van der Waals surface area contributed by atoms with Crippen molar-refractivity contribution in [1.29, 1.82) is 0 Å². The van der Waals surface area contributed by atoms with Crippen LogP contribution in [0.25, 0.3) is 0 Å². The zero-order valence-corrected chi connectivity index (χ0v) is 11.0. The van der Waals surface area contributed by atoms with Crippen molar-refractivity contribution < 1.29 is 19.7 Å². The molecule has 0 aromatic heterocycles. The van der Waals surface area contributed by atoms with Crippen LogP contribution >= 0.6 is 0 Å². The number of allylic oxidation sites excluding steroid dienone is 3. The Kier molecular flexibility index (Phi) is 2.51. The van der Waals surface area contributed by atoms with Crippen LogP contribution in [0.5, 0.6) is 0 Å². The molecule has 1 aromatic rings. The van der Waals surface area contributed by atoms with Crippen LogP contribution < -0.4 is 0 Å². The molecule has 3 rings (SSSR count). The van der Waals surface area contributed by atoms with Crippen LogP contribution in [0.3, 0.4) is 0 Å². The molecule has 1 aliphatic heterocycles. The number of ketones is 1. The predicted molar refractivity (Wildman–Crippen MR) is 72.7 cm³/mol. The van der Waals surface area contributed by atoms with Gasteiger partial charge in [-0.1, -0.05) is 49.1 Å². The molecular weight excluding hydrogens is 256 g/mol. The van der Waals surface area contributed by atoms with Gasteiger partial charge in [0.25, 0.3) is 5.79 Å². The van der Waals surface area contributed by atoms with Crippen molar-refractivity contribution in [3.8, 4) is 0 Å². The van der Waals surface area contributed by atoms with Crippen molar-refractivity contribution in [2.45, 2.75) is 18.3 Å². The van der Waals surface area contributed by atoms with E-state index in [4.69, 9.17) is 4.74 Å². The minimum atomic E-state index is -2.11. The van der Waals surface area contributed by atoms with E-state index in [1.165, 1.54) is 12.2 Å². The summed E-state index contributed by atoms with van der Waals surface area (Å²) in [7, 11) is 0. The molecule has 2 atom stereocenters. The van der Waals surface area contributed by atoms with Crippen LogP contribution in [0.15, 0.2) is 60.4 Å². The number of ether oxygens (including phenoxy) is 1. The molecule has 1 aromatic carbocycles. The molecule has 0 bridgehead atoms. The van der Waals surface area contributed by atoms with E-state index in [1.54, 1.807) is 37.3 Å². The maximum absolute atomic E-state index is 12.5. The third-order valence-electron chi connectivity index (χ3n) is 3.82. The number of carbonyl (C=O) groups is 1. The van der Waals surface area contributed by atoms with E-state index in [0.717, 1.165) is 0 Å². The van der Waals surface area contributed by atoms with Crippen molar-refractivity contribution in [1.82, 2.24) is 0 Å². The summed E-state index contributed by atoms with van der Waals surface area (Å²) in [6.45, 7) is 5.16. The second-order valence-electron chi connectivity index (χ2n) is 4.90. The zero-order valence-electron chi connectivity index (χ0n) is 11.0. The summed E-state index contributed by atoms with van der Waals surface area (Å²) in [6.07, 6.45) is 4.64. The van der Waals surface area contributed by atoms with Crippen molar-refractivity contribution >= 4 is 5.78 Å². The number of hydrogen-bond acceptors (Lipinski definition) is 4. The summed E-state index contributed by atoms with van der Waals surface area (Å²) in [5.41, 5.74) is -1.30. The molecule has 2 N–H and O–H groups in total. The maximum atomic E-state index is 12.5. The lowest BCUT2D eigenvalue weighted by molar-refractivity contribution is -0.234. The van der Waals surface area contributed by atoms with Gasteiger partial charge in [-0.15, -0.1) is 0 Å². The highest BCUT2D eigenvalue weighted by Crippen LogP contribution is 2.54. The topological polar surface area (TPSA) is 66.8 Å². The maximum Gasteiger partial charge on any atom is 0.276 e. The number of aliphatic hydroxyl groups is 2. The van der Waals surface area contributed by atoms with Gasteiger partial charge in [0, 0.05) is 16.7 Å². The Bertz CT molecular complexity index is 685. The van der Waals surface area contributed by atoms with E-state index in [0.29, 0.717) is 5.76 Å². The standard InChI is InChI=1S/C16H14O4/c1-3-4-8-12-10(2)20-16(19)13-9-6-5-7-11(13)14(17)15(12,16)18/h3-9,18-19H,1H2,2H3/b8-4-. The summed E-state index contributed by atoms with van der Waals surface area (Å²) in [5, 5.41) is 21.6. The summed E-state index contributed by atoms with van der Waals surface area (Å²) < 4.78 is 5.46. The van der Waals surface area contributed by atoms with Gasteiger partial charge in [0.2, 0.25) is 11.4 Å². The number of carbonyl (C=O) groups excluding carboxylic acids is 1.